The summed E-state index contributed by atoms with van der Waals surface area (Å²) in [5, 5.41) is 0. The maximum Gasteiger partial charge on any atom is 0.236 e. The Hall–Kier alpha value is -1.55. The summed E-state index contributed by atoms with van der Waals surface area (Å²) < 4.78 is 0. The van der Waals surface area contributed by atoms with Crippen LogP contribution in [0, 0.1) is 0 Å². The van der Waals surface area contributed by atoms with Gasteiger partial charge in [0.1, 0.15) is 0 Å². The molecule has 1 amide bonds. The molecule has 2 rings (SSSR count). The number of hydrogen-bond acceptors (Lipinski definition) is 3. The molecule has 1 fully saturated rings. The zero-order chi connectivity index (χ0) is 13.0. The van der Waals surface area contributed by atoms with Gasteiger partial charge in [-0.3, -0.25) is 9.69 Å². The second-order valence-corrected chi connectivity index (χ2v) is 4.94. The van der Waals surface area contributed by atoms with Crippen molar-refractivity contribution in [2.24, 2.45) is 0 Å². The number of hydrogen-bond donors (Lipinski definition) is 1. The van der Waals surface area contributed by atoms with Gasteiger partial charge in [-0.1, -0.05) is 12.1 Å². The Bertz CT molecular complexity index is 402. The quantitative estimate of drug-likeness (QED) is 0.810. The number of anilines is 1. The van der Waals surface area contributed by atoms with Crippen molar-refractivity contribution in [3.05, 3.63) is 29.8 Å². The minimum absolute atomic E-state index is 0.227. The van der Waals surface area contributed by atoms with Gasteiger partial charge in [0.2, 0.25) is 5.91 Å². The van der Waals surface area contributed by atoms with E-state index in [2.05, 4.69) is 17.0 Å². The first-order chi connectivity index (χ1) is 8.65. The van der Waals surface area contributed by atoms with Crippen LogP contribution < -0.4 is 5.73 Å². The molecule has 1 aliphatic heterocycles. The van der Waals surface area contributed by atoms with Crippen LogP contribution in [0.2, 0.25) is 0 Å². The third-order valence-electron chi connectivity index (χ3n) is 3.45. The summed E-state index contributed by atoms with van der Waals surface area (Å²) in [5.74, 6) is 0.227. The summed E-state index contributed by atoms with van der Waals surface area (Å²) in [6.07, 6.45) is 2.03. The van der Waals surface area contributed by atoms with E-state index in [0.717, 1.165) is 38.2 Å². The number of nitrogens with zero attached hydrogens (tertiary/aromatic N) is 2. The average molecular weight is 247 g/mol. The molecule has 0 bridgehead atoms. The molecule has 1 aromatic rings. The Labute approximate surface area is 108 Å². The molecule has 4 heteroatoms. The second-order valence-electron chi connectivity index (χ2n) is 4.94. The number of benzene rings is 1. The van der Waals surface area contributed by atoms with E-state index in [4.69, 9.17) is 5.73 Å². The smallest absolute Gasteiger partial charge is 0.236 e. The lowest BCUT2D eigenvalue weighted by molar-refractivity contribution is -0.129. The van der Waals surface area contributed by atoms with Crippen LogP contribution in [-0.4, -0.2) is 48.9 Å². The molecule has 0 unspecified atom stereocenters. The first-order valence-electron chi connectivity index (χ1n) is 6.46. The summed E-state index contributed by atoms with van der Waals surface area (Å²) in [6.45, 7) is 3.36. The van der Waals surface area contributed by atoms with Crippen molar-refractivity contribution in [2.75, 3.05) is 39.0 Å². The standard InChI is InChI=1S/C14H21N3O/c1-16-8-2-9-17(11-14(16)18)10-7-12-3-5-13(15)6-4-12/h3-6H,2,7-11,15H2,1H3. The fourth-order valence-electron chi connectivity index (χ4n) is 2.21. The molecule has 1 saturated heterocycles. The zero-order valence-corrected chi connectivity index (χ0v) is 10.9. The Kier molecular flexibility index (Phi) is 4.20. The summed E-state index contributed by atoms with van der Waals surface area (Å²) in [6, 6.07) is 7.97. The molecule has 2 N–H and O–H groups in total. The maximum absolute atomic E-state index is 11.7. The molecular formula is C14H21N3O. The highest BCUT2D eigenvalue weighted by atomic mass is 16.2. The SMILES string of the molecule is CN1CCCN(CCc2ccc(N)cc2)CC1=O. The number of nitrogens with two attached hydrogens (primary N) is 1. The lowest BCUT2D eigenvalue weighted by Gasteiger charge is -2.19. The first-order valence-corrected chi connectivity index (χ1v) is 6.46. The van der Waals surface area contributed by atoms with E-state index < -0.39 is 0 Å². The highest BCUT2D eigenvalue weighted by Gasteiger charge is 2.18. The van der Waals surface area contributed by atoms with E-state index in [9.17, 15) is 4.79 Å². The minimum atomic E-state index is 0.227. The fourth-order valence-corrected chi connectivity index (χ4v) is 2.21. The monoisotopic (exact) mass is 247 g/mol. The van der Waals surface area contributed by atoms with Crippen LogP contribution in [0.15, 0.2) is 24.3 Å². The van der Waals surface area contributed by atoms with Gasteiger partial charge in [-0.2, -0.15) is 0 Å². The van der Waals surface area contributed by atoms with Gasteiger partial charge in [-0.15, -0.1) is 0 Å². The van der Waals surface area contributed by atoms with Gasteiger partial charge < -0.3 is 10.6 Å². The van der Waals surface area contributed by atoms with Crippen molar-refractivity contribution in [1.29, 1.82) is 0 Å². The van der Waals surface area contributed by atoms with Crippen LogP contribution in [0.4, 0.5) is 5.69 Å². The summed E-state index contributed by atoms with van der Waals surface area (Å²) in [5.41, 5.74) is 7.73. The van der Waals surface area contributed by atoms with E-state index >= 15 is 0 Å². The van der Waals surface area contributed by atoms with Crippen LogP contribution in [0.25, 0.3) is 0 Å². The van der Waals surface area contributed by atoms with Crippen molar-refractivity contribution in [3.8, 4) is 0 Å². The lowest BCUT2D eigenvalue weighted by Crippen LogP contribution is -2.35. The average Bonchev–Trinajstić information content (AvgIpc) is 2.51. The summed E-state index contributed by atoms with van der Waals surface area (Å²) in [4.78, 5) is 15.8. The normalized spacial score (nSPS) is 17.8. The van der Waals surface area contributed by atoms with Gasteiger partial charge in [0.05, 0.1) is 6.54 Å². The molecule has 0 aliphatic carbocycles. The van der Waals surface area contributed by atoms with Crippen LogP contribution in [-0.2, 0) is 11.2 Å². The van der Waals surface area contributed by atoms with Gasteiger partial charge in [0.25, 0.3) is 0 Å². The van der Waals surface area contributed by atoms with E-state index in [1.165, 1.54) is 5.56 Å². The Balaban J connectivity index is 1.86. The lowest BCUT2D eigenvalue weighted by atomic mass is 10.1. The predicted octanol–water partition coefficient (Wildman–Crippen LogP) is 0.975. The van der Waals surface area contributed by atoms with Crippen molar-refractivity contribution >= 4 is 11.6 Å². The van der Waals surface area contributed by atoms with Gasteiger partial charge >= 0.3 is 0 Å². The molecule has 0 aromatic heterocycles. The van der Waals surface area contributed by atoms with Gasteiger partial charge in [-0.05, 0) is 30.5 Å². The largest absolute Gasteiger partial charge is 0.399 e. The molecule has 98 valence electrons. The summed E-state index contributed by atoms with van der Waals surface area (Å²) >= 11 is 0. The molecule has 0 atom stereocenters. The molecular weight excluding hydrogens is 226 g/mol. The van der Waals surface area contributed by atoms with Gasteiger partial charge in [-0.25, -0.2) is 0 Å². The van der Waals surface area contributed by atoms with Crippen molar-refractivity contribution in [2.45, 2.75) is 12.8 Å². The molecule has 1 aliphatic rings. The molecule has 0 spiro atoms. The van der Waals surface area contributed by atoms with Gasteiger partial charge in [0, 0.05) is 32.4 Å². The van der Waals surface area contributed by atoms with E-state index in [1.54, 1.807) is 0 Å². The maximum atomic E-state index is 11.7. The molecule has 1 aromatic carbocycles. The van der Waals surface area contributed by atoms with Crippen LogP contribution in [0.5, 0.6) is 0 Å². The van der Waals surface area contributed by atoms with Gasteiger partial charge in [0.15, 0.2) is 0 Å². The van der Waals surface area contributed by atoms with E-state index in [-0.39, 0.29) is 5.91 Å². The highest BCUT2D eigenvalue weighted by molar-refractivity contribution is 5.78. The van der Waals surface area contributed by atoms with Crippen LogP contribution in [0.3, 0.4) is 0 Å². The number of carbonyl (C=O) groups excluding carboxylic acids is 1. The van der Waals surface area contributed by atoms with Crippen molar-refractivity contribution in [1.82, 2.24) is 9.80 Å². The Morgan fingerprint density at radius 3 is 2.67 bits per heavy atom. The predicted molar refractivity (Wildman–Crippen MR) is 73.3 cm³/mol. The number of rotatable bonds is 3. The first kappa shape index (κ1) is 12.9. The minimum Gasteiger partial charge on any atom is -0.399 e. The Morgan fingerprint density at radius 1 is 1.22 bits per heavy atom. The third-order valence-corrected chi connectivity index (χ3v) is 3.45. The van der Waals surface area contributed by atoms with Crippen molar-refractivity contribution in [3.63, 3.8) is 0 Å². The van der Waals surface area contributed by atoms with Crippen LogP contribution >= 0.6 is 0 Å². The Morgan fingerprint density at radius 2 is 1.94 bits per heavy atom. The zero-order valence-electron chi connectivity index (χ0n) is 10.9. The number of likely N-dealkylation sites (N-methyl/N-ethyl adjacent to an activating group) is 1. The molecule has 0 saturated carbocycles. The number of carbonyl (C=O) groups is 1. The number of amides is 1. The fraction of sp³-hybridized carbons (Fsp3) is 0.500. The molecule has 18 heavy (non-hydrogen) atoms. The van der Waals surface area contributed by atoms with Crippen molar-refractivity contribution < 1.29 is 4.79 Å². The topological polar surface area (TPSA) is 49.6 Å². The highest BCUT2D eigenvalue weighted by Crippen LogP contribution is 2.08. The van der Waals surface area contributed by atoms with E-state index in [0.29, 0.717) is 6.54 Å². The molecule has 1 heterocycles. The molecule has 0 radical (unpaired) electrons. The van der Waals surface area contributed by atoms with Crippen LogP contribution in [0.1, 0.15) is 12.0 Å². The number of nitrogen functional groups attached to an aromatic ring is 1. The van der Waals surface area contributed by atoms with E-state index in [1.807, 2.05) is 24.1 Å². The molecule has 4 nitrogen and oxygen atoms in total. The second kappa shape index (κ2) is 5.87. The third kappa shape index (κ3) is 3.47. The summed E-state index contributed by atoms with van der Waals surface area (Å²) in [7, 11) is 1.88.